The van der Waals surface area contributed by atoms with Crippen LogP contribution in [0.3, 0.4) is 0 Å². The highest BCUT2D eigenvalue weighted by atomic mass is 16.6. The number of rotatable bonds is 6. The predicted molar refractivity (Wildman–Crippen MR) is 66.2 cm³/mol. The molecule has 1 N–H and O–H groups in total. The van der Waals surface area contributed by atoms with Gasteiger partial charge >= 0.3 is 5.97 Å². The van der Waals surface area contributed by atoms with Crippen molar-refractivity contribution in [3.63, 3.8) is 0 Å². The number of carbonyl (C=O) groups excluding carboxylic acids is 2. The fraction of sp³-hybridized carbons (Fsp3) is 0.385. The van der Waals surface area contributed by atoms with Crippen LogP contribution in [0.2, 0.25) is 0 Å². The lowest BCUT2D eigenvalue weighted by atomic mass is 10.3. The first-order valence-corrected chi connectivity index (χ1v) is 5.78. The Labute approximate surface area is 106 Å². The van der Waals surface area contributed by atoms with Gasteiger partial charge in [-0.05, 0) is 26.0 Å². The van der Waals surface area contributed by atoms with E-state index in [9.17, 15) is 9.59 Å². The number of nitrogens with one attached hydrogen (secondary N) is 1. The minimum absolute atomic E-state index is 0.215. The van der Waals surface area contributed by atoms with Crippen molar-refractivity contribution in [2.24, 2.45) is 0 Å². The molecule has 1 aromatic carbocycles. The second-order valence-corrected chi connectivity index (χ2v) is 3.63. The molecule has 0 unspecified atom stereocenters. The first kappa shape index (κ1) is 14.0. The van der Waals surface area contributed by atoms with Crippen LogP contribution in [-0.4, -0.2) is 31.1 Å². The number of benzene rings is 1. The van der Waals surface area contributed by atoms with Crippen LogP contribution in [0, 0.1) is 0 Å². The maximum Gasteiger partial charge on any atom is 0.344 e. The van der Waals surface area contributed by atoms with Crippen molar-refractivity contribution in [2.45, 2.75) is 20.0 Å². The third-order valence-electron chi connectivity index (χ3n) is 2.13. The molecule has 0 aliphatic rings. The van der Waals surface area contributed by atoms with Crippen molar-refractivity contribution >= 4 is 11.9 Å². The number of hydrogen-bond donors (Lipinski definition) is 1. The van der Waals surface area contributed by atoms with E-state index in [1.54, 1.807) is 31.2 Å². The number of ether oxygens (including phenoxy) is 2. The summed E-state index contributed by atoms with van der Waals surface area (Å²) in [7, 11) is 0. The minimum atomic E-state index is -0.808. The van der Waals surface area contributed by atoms with E-state index in [1.807, 2.05) is 6.07 Å². The molecule has 0 radical (unpaired) electrons. The highest BCUT2D eigenvalue weighted by Crippen LogP contribution is 2.08. The zero-order valence-electron chi connectivity index (χ0n) is 10.5. The van der Waals surface area contributed by atoms with Gasteiger partial charge in [-0.15, -0.1) is 0 Å². The molecule has 0 aliphatic heterocycles. The maximum atomic E-state index is 11.4. The van der Waals surface area contributed by atoms with Gasteiger partial charge in [-0.1, -0.05) is 18.2 Å². The van der Waals surface area contributed by atoms with E-state index in [-0.39, 0.29) is 12.5 Å². The molecule has 0 aliphatic carbocycles. The van der Waals surface area contributed by atoms with E-state index in [2.05, 4.69) is 5.32 Å². The van der Waals surface area contributed by atoms with Gasteiger partial charge in [-0.3, -0.25) is 4.79 Å². The summed E-state index contributed by atoms with van der Waals surface area (Å²) in [6, 6.07) is 8.93. The molecule has 0 fully saturated rings. The summed E-state index contributed by atoms with van der Waals surface area (Å²) in [5.74, 6) is -0.303. The monoisotopic (exact) mass is 251 g/mol. The molecule has 5 heteroatoms. The first-order valence-electron chi connectivity index (χ1n) is 5.78. The number of esters is 1. The Morgan fingerprint density at radius 3 is 2.56 bits per heavy atom. The van der Waals surface area contributed by atoms with E-state index in [0.29, 0.717) is 12.3 Å². The van der Waals surface area contributed by atoms with Gasteiger partial charge in [0.25, 0.3) is 5.91 Å². The predicted octanol–water partition coefficient (Wildman–Crippen LogP) is 1.13. The third kappa shape index (κ3) is 4.86. The number of amides is 1. The normalized spacial score (nSPS) is 11.4. The molecule has 1 atom stereocenters. The highest BCUT2D eigenvalue weighted by molar-refractivity contribution is 5.83. The average Bonchev–Trinajstić information content (AvgIpc) is 2.38. The van der Waals surface area contributed by atoms with Gasteiger partial charge in [0, 0.05) is 6.54 Å². The molecule has 0 spiro atoms. The molecule has 0 bridgehead atoms. The molecular weight excluding hydrogens is 234 g/mol. The fourth-order valence-corrected chi connectivity index (χ4v) is 1.26. The number of likely N-dealkylation sites (N-methyl/N-ethyl adjacent to an activating group) is 1. The van der Waals surface area contributed by atoms with Gasteiger partial charge in [0.15, 0.2) is 12.7 Å². The lowest BCUT2D eigenvalue weighted by Gasteiger charge is -2.12. The molecule has 0 saturated heterocycles. The van der Waals surface area contributed by atoms with Crippen molar-refractivity contribution in [2.75, 3.05) is 13.2 Å². The molecule has 18 heavy (non-hydrogen) atoms. The molecule has 0 heterocycles. The molecule has 0 saturated carbocycles. The van der Waals surface area contributed by atoms with Crippen LogP contribution in [0.5, 0.6) is 5.75 Å². The first-order chi connectivity index (χ1) is 8.63. The standard InChI is InChI=1S/C13H17NO4/c1-3-14-13(16)10(2)18-12(15)9-17-11-7-5-4-6-8-11/h4-8,10H,3,9H2,1-2H3,(H,14,16)/t10-/m1/s1. The summed E-state index contributed by atoms with van der Waals surface area (Å²) in [5.41, 5.74) is 0. The largest absolute Gasteiger partial charge is 0.482 e. The van der Waals surface area contributed by atoms with Gasteiger partial charge in [0.05, 0.1) is 0 Å². The Morgan fingerprint density at radius 1 is 1.28 bits per heavy atom. The van der Waals surface area contributed by atoms with Crippen LogP contribution in [-0.2, 0) is 14.3 Å². The quantitative estimate of drug-likeness (QED) is 0.770. The summed E-state index contributed by atoms with van der Waals surface area (Å²) in [5, 5.41) is 2.57. The van der Waals surface area contributed by atoms with Crippen LogP contribution in [0.25, 0.3) is 0 Å². The minimum Gasteiger partial charge on any atom is -0.482 e. The van der Waals surface area contributed by atoms with Gasteiger partial charge in [-0.25, -0.2) is 4.79 Å². The molecule has 1 rings (SSSR count). The lowest BCUT2D eigenvalue weighted by Crippen LogP contribution is -2.36. The van der Waals surface area contributed by atoms with E-state index in [0.717, 1.165) is 0 Å². The molecule has 5 nitrogen and oxygen atoms in total. The van der Waals surface area contributed by atoms with Gasteiger partial charge < -0.3 is 14.8 Å². The van der Waals surface area contributed by atoms with Crippen molar-refractivity contribution in [1.82, 2.24) is 5.32 Å². The summed E-state index contributed by atoms with van der Waals surface area (Å²) >= 11 is 0. The second kappa shape index (κ2) is 7.32. The Hall–Kier alpha value is -2.04. The average molecular weight is 251 g/mol. The van der Waals surface area contributed by atoms with Gasteiger partial charge in [-0.2, -0.15) is 0 Å². The highest BCUT2D eigenvalue weighted by Gasteiger charge is 2.16. The van der Waals surface area contributed by atoms with Gasteiger partial charge in [0.1, 0.15) is 5.75 Å². The Morgan fingerprint density at radius 2 is 1.94 bits per heavy atom. The topological polar surface area (TPSA) is 64.6 Å². The van der Waals surface area contributed by atoms with E-state index < -0.39 is 12.1 Å². The van der Waals surface area contributed by atoms with Crippen LogP contribution >= 0.6 is 0 Å². The van der Waals surface area contributed by atoms with Crippen LogP contribution in [0.1, 0.15) is 13.8 Å². The Kier molecular flexibility index (Phi) is 5.70. The summed E-state index contributed by atoms with van der Waals surface area (Å²) in [6.07, 6.45) is -0.808. The third-order valence-corrected chi connectivity index (χ3v) is 2.13. The number of carbonyl (C=O) groups is 2. The number of hydrogen-bond acceptors (Lipinski definition) is 4. The van der Waals surface area contributed by atoms with E-state index >= 15 is 0 Å². The molecule has 98 valence electrons. The van der Waals surface area contributed by atoms with Crippen molar-refractivity contribution in [3.8, 4) is 5.75 Å². The van der Waals surface area contributed by atoms with Crippen LogP contribution in [0.15, 0.2) is 30.3 Å². The molecule has 1 aromatic rings. The van der Waals surface area contributed by atoms with Crippen LogP contribution in [0.4, 0.5) is 0 Å². The fourth-order valence-electron chi connectivity index (χ4n) is 1.26. The van der Waals surface area contributed by atoms with E-state index in [1.165, 1.54) is 6.92 Å². The Bertz CT molecular complexity index is 391. The summed E-state index contributed by atoms with van der Waals surface area (Å²) in [6.45, 7) is 3.60. The summed E-state index contributed by atoms with van der Waals surface area (Å²) < 4.78 is 10.1. The SMILES string of the molecule is CCNC(=O)[C@@H](C)OC(=O)COc1ccccc1. The van der Waals surface area contributed by atoms with Crippen molar-refractivity contribution in [1.29, 1.82) is 0 Å². The smallest absolute Gasteiger partial charge is 0.344 e. The second-order valence-electron chi connectivity index (χ2n) is 3.63. The molecular formula is C13H17NO4. The maximum absolute atomic E-state index is 11.4. The van der Waals surface area contributed by atoms with Crippen LogP contribution < -0.4 is 10.1 Å². The van der Waals surface area contributed by atoms with E-state index in [4.69, 9.17) is 9.47 Å². The summed E-state index contributed by atoms with van der Waals surface area (Å²) in [4.78, 5) is 22.7. The number of para-hydroxylation sites is 1. The van der Waals surface area contributed by atoms with Gasteiger partial charge in [0.2, 0.25) is 0 Å². The van der Waals surface area contributed by atoms with Crippen molar-refractivity contribution < 1.29 is 19.1 Å². The lowest BCUT2D eigenvalue weighted by molar-refractivity contribution is -0.156. The zero-order valence-corrected chi connectivity index (χ0v) is 10.5. The molecule has 0 aromatic heterocycles. The molecule has 1 amide bonds. The van der Waals surface area contributed by atoms with Crippen molar-refractivity contribution in [3.05, 3.63) is 30.3 Å². The zero-order chi connectivity index (χ0) is 13.4. The Balaban J connectivity index is 2.31.